The van der Waals surface area contributed by atoms with Crippen LogP contribution in [-0.4, -0.2) is 38.4 Å². The number of nitrogens with zero attached hydrogens (tertiary/aromatic N) is 1. The normalized spacial score (nSPS) is 27.0. The third-order valence-electron chi connectivity index (χ3n) is 5.49. The molecule has 2 aliphatic rings. The number of ether oxygens (including phenoxy) is 2. The minimum absolute atomic E-state index is 0.0338. The van der Waals surface area contributed by atoms with Gasteiger partial charge in [0, 0.05) is 43.1 Å². The van der Waals surface area contributed by atoms with Gasteiger partial charge in [0.1, 0.15) is 5.75 Å². The first-order chi connectivity index (χ1) is 12.3. The largest absolute Gasteiger partial charge is 0.434 e. The van der Waals surface area contributed by atoms with E-state index in [0.29, 0.717) is 30.1 Å². The highest BCUT2D eigenvalue weighted by Gasteiger charge is 2.59. The van der Waals surface area contributed by atoms with Gasteiger partial charge < -0.3 is 20.1 Å². The zero-order chi connectivity index (χ0) is 18.9. The number of rotatable bonds is 5. The first-order valence-corrected chi connectivity index (χ1v) is 8.96. The standard InChI is InChI=1S/C19H27F2N3O2/c1-11-5-6-14(26-17(20)21)12(9-11)10-23-18(22-4)24-15-13-7-8-25-16(13)19(15,2)3/h5-6,9,13,15-17H,7-8,10H2,1-4H3,(H2,22,23,24). The molecule has 26 heavy (non-hydrogen) atoms. The van der Waals surface area contributed by atoms with Gasteiger partial charge in [0.05, 0.1) is 6.10 Å². The van der Waals surface area contributed by atoms with Crippen LogP contribution < -0.4 is 15.4 Å². The highest BCUT2D eigenvalue weighted by molar-refractivity contribution is 5.80. The Morgan fingerprint density at radius 2 is 2.19 bits per heavy atom. The van der Waals surface area contributed by atoms with Crippen LogP contribution >= 0.6 is 0 Å². The summed E-state index contributed by atoms with van der Waals surface area (Å²) >= 11 is 0. The number of nitrogens with one attached hydrogen (secondary N) is 2. The molecule has 0 amide bonds. The molecule has 144 valence electrons. The van der Waals surface area contributed by atoms with Crippen LogP contribution in [0.2, 0.25) is 0 Å². The molecule has 2 fully saturated rings. The van der Waals surface area contributed by atoms with Gasteiger partial charge in [0.25, 0.3) is 0 Å². The van der Waals surface area contributed by atoms with E-state index in [1.54, 1.807) is 19.2 Å². The van der Waals surface area contributed by atoms with Crippen LogP contribution in [0.25, 0.3) is 0 Å². The molecule has 1 saturated carbocycles. The van der Waals surface area contributed by atoms with Crippen LogP contribution in [-0.2, 0) is 11.3 Å². The average molecular weight is 367 g/mol. The zero-order valence-electron chi connectivity index (χ0n) is 15.7. The van der Waals surface area contributed by atoms with Gasteiger partial charge in [-0.05, 0) is 19.4 Å². The number of fused-ring (bicyclic) bond motifs is 1. The number of aryl methyl sites for hydroxylation is 1. The lowest BCUT2D eigenvalue weighted by Gasteiger charge is -2.54. The summed E-state index contributed by atoms with van der Waals surface area (Å²) in [6, 6.07) is 5.44. The number of aliphatic imine (C=N–C) groups is 1. The Morgan fingerprint density at radius 1 is 1.42 bits per heavy atom. The summed E-state index contributed by atoms with van der Waals surface area (Å²) in [5.74, 6) is 1.32. The Labute approximate surface area is 153 Å². The Morgan fingerprint density at radius 3 is 2.88 bits per heavy atom. The molecule has 5 nitrogen and oxygen atoms in total. The van der Waals surface area contributed by atoms with E-state index >= 15 is 0 Å². The van der Waals surface area contributed by atoms with Crippen LogP contribution in [0.4, 0.5) is 8.78 Å². The molecular formula is C19H27F2N3O2. The Balaban J connectivity index is 1.64. The molecule has 1 aliphatic carbocycles. The van der Waals surface area contributed by atoms with Gasteiger partial charge in [-0.15, -0.1) is 0 Å². The fourth-order valence-corrected chi connectivity index (χ4v) is 4.20. The van der Waals surface area contributed by atoms with Crippen molar-refractivity contribution in [1.29, 1.82) is 0 Å². The van der Waals surface area contributed by atoms with E-state index < -0.39 is 6.61 Å². The third-order valence-corrected chi connectivity index (χ3v) is 5.49. The second-order valence-corrected chi connectivity index (χ2v) is 7.60. The molecule has 1 heterocycles. The van der Waals surface area contributed by atoms with Crippen molar-refractivity contribution in [2.24, 2.45) is 16.3 Å². The van der Waals surface area contributed by atoms with Crippen LogP contribution in [0.3, 0.4) is 0 Å². The minimum Gasteiger partial charge on any atom is -0.434 e. The highest BCUT2D eigenvalue weighted by atomic mass is 19.3. The third kappa shape index (κ3) is 3.63. The molecular weight excluding hydrogens is 340 g/mol. The van der Waals surface area contributed by atoms with Gasteiger partial charge in [0.2, 0.25) is 0 Å². The summed E-state index contributed by atoms with van der Waals surface area (Å²) in [4.78, 5) is 4.28. The number of benzene rings is 1. The summed E-state index contributed by atoms with van der Waals surface area (Å²) in [6.07, 6.45) is 1.34. The van der Waals surface area contributed by atoms with Gasteiger partial charge >= 0.3 is 6.61 Å². The van der Waals surface area contributed by atoms with E-state index in [9.17, 15) is 8.78 Å². The van der Waals surface area contributed by atoms with E-state index in [0.717, 1.165) is 18.6 Å². The molecule has 7 heteroatoms. The first-order valence-electron chi connectivity index (χ1n) is 8.96. The van der Waals surface area contributed by atoms with Gasteiger partial charge in [-0.25, -0.2) is 0 Å². The van der Waals surface area contributed by atoms with Crippen molar-refractivity contribution in [3.8, 4) is 5.75 Å². The summed E-state index contributed by atoms with van der Waals surface area (Å²) in [6.45, 7) is 4.62. The predicted octanol–water partition coefficient (Wildman–Crippen LogP) is 3.07. The lowest BCUT2D eigenvalue weighted by atomic mass is 9.57. The van der Waals surface area contributed by atoms with Crippen molar-refractivity contribution in [3.05, 3.63) is 29.3 Å². The van der Waals surface area contributed by atoms with E-state index in [1.807, 2.05) is 13.0 Å². The van der Waals surface area contributed by atoms with Crippen LogP contribution in [0.5, 0.6) is 5.75 Å². The summed E-state index contributed by atoms with van der Waals surface area (Å²) < 4.78 is 35.7. The molecule has 3 unspecified atom stereocenters. The molecule has 1 aromatic carbocycles. The minimum atomic E-state index is -2.84. The molecule has 0 radical (unpaired) electrons. The summed E-state index contributed by atoms with van der Waals surface area (Å²) in [7, 11) is 1.70. The van der Waals surface area contributed by atoms with E-state index in [-0.39, 0.29) is 17.2 Å². The molecule has 1 aliphatic heterocycles. The fourth-order valence-electron chi connectivity index (χ4n) is 4.20. The van der Waals surface area contributed by atoms with Crippen LogP contribution in [0.15, 0.2) is 23.2 Å². The maximum absolute atomic E-state index is 12.6. The van der Waals surface area contributed by atoms with E-state index in [2.05, 4.69) is 34.2 Å². The molecule has 3 atom stereocenters. The van der Waals surface area contributed by atoms with Crippen molar-refractivity contribution in [1.82, 2.24) is 10.6 Å². The van der Waals surface area contributed by atoms with Crippen LogP contribution in [0, 0.1) is 18.3 Å². The molecule has 0 spiro atoms. The predicted molar refractivity (Wildman–Crippen MR) is 96.6 cm³/mol. The van der Waals surface area contributed by atoms with Crippen LogP contribution in [0.1, 0.15) is 31.4 Å². The van der Waals surface area contributed by atoms with E-state index in [4.69, 9.17) is 4.74 Å². The van der Waals surface area contributed by atoms with Gasteiger partial charge in [-0.1, -0.05) is 31.5 Å². The Hall–Kier alpha value is -1.89. The smallest absolute Gasteiger partial charge is 0.387 e. The van der Waals surface area contributed by atoms with E-state index in [1.165, 1.54) is 0 Å². The number of guanidine groups is 1. The topological polar surface area (TPSA) is 54.9 Å². The van der Waals surface area contributed by atoms with Crippen molar-refractivity contribution < 1.29 is 18.3 Å². The van der Waals surface area contributed by atoms with Crippen molar-refractivity contribution >= 4 is 5.96 Å². The molecule has 2 N–H and O–H groups in total. The zero-order valence-corrected chi connectivity index (χ0v) is 15.7. The average Bonchev–Trinajstić information content (AvgIpc) is 3.04. The number of halogens is 2. The van der Waals surface area contributed by atoms with Gasteiger partial charge in [-0.3, -0.25) is 4.99 Å². The highest BCUT2D eigenvalue weighted by Crippen LogP contribution is 2.52. The molecule has 3 rings (SSSR count). The molecule has 1 saturated heterocycles. The molecule has 1 aromatic rings. The fraction of sp³-hybridized carbons (Fsp3) is 0.632. The quantitative estimate of drug-likeness (QED) is 0.620. The molecule has 0 aromatic heterocycles. The van der Waals surface area contributed by atoms with Crippen molar-refractivity contribution in [3.63, 3.8) is 0 Å². The summed E-state index contributed by atoms with van der Waals surface area (Å²) in [5, 5.41) is 6.70. The lowest BCUT2D eigenvalue weighted by Crippen LogP contribution is -2.67. The maximum Gasteiger partial charge on any atom is 0.387 e. The number of hydrogen-bond acceptors (Lipinski definition) is 3. The summed E-state index contributed by atoms with van der Waals surface area (Å²) in [5.41, 5.74) is 1.69. The number of hydrogen-bond donors (Lipinski definition) is 2. The Bertz CT molecular complexity index is 679. The van der Waals surface area contributed by atoms with Crippen molar-refractivity contribution in [2.45, 2.75) is 52.5 Å². The monoisotopic (exact) mass is 367 g/mol. The van der Waals surface area contributed by atoms with Gasteiger partial charge in [-0.2, -0.15) is 8.78 Å². The Kier molecular flexibility index (Phi) is 5.37. The van der Waals surface area contributed by atoms with Gasteiger partial charge in [0.15, 0.2) is 5.96 Å². The van der Waals surface area contributed by atoms with Crippen molar-refractivity contribution in [2.75, 3.05) is 13.7 Å². The maximum atomic E-state index is 12.6. The second kappa shape index (κ2) is 7.39. The lowest BCUT2D eigenvalue weighted by molar-refractivity contribution is -0.106. The number of alkyl halides is 2. The first kappa shape index (κ1) is 18.9. The SMILES string of the molecule is CN=C(NCc1cc(C)ccc1OC(F)F)NC1C2CCOC2C1(C)C. The molecule has 0 bridgehead atoms. The second-order valence-electron chi connectivity index (χ2n) is 7.60.